The largest absolute Gasteiger partial charge is 0.430 e. The molecule has 0 radical (unpaired) electrons. The van der Waals surface area contributed by atoms with Gasteiger partial charge in [-0.3, -0.25) is 4.90 Å². The molecule has 2 N–H and O–H groups in total. The molecule has 0 spiro atoms. The number of urea groups is 1. The Morgan fingerprint density at radius 3 is 1.83 bits per heavy atom. The van der Waals surface area contributed by atoms with Crippen LogP contribution in [0.1, 0.15) is 19.4 Å². The van der Waals surface area contributed by atoms with Gasteiger partial charge in [0.05, 0.1) is 0 Å². The Labute approximate surface area is 134 Å². The molecule has 0 aromatic heterocycles. The third kappa shape index (κ3) is 3.58. The highest BCUT2D eigenvalue weighted by atomic mass is 19.4. The van der Waals surface area contributed by atoms with E-state index in [4.69, 9.17) is 0 Å². The van der Waals surface area contributed by atoms with Crippen molar-refractivity contribution in [3.8, 4) is 0 Å². The number of carbonyl (C=O) groups is 1. The van der Waals surface area contributed by atoms with Crippen molar-refractivity contribution in [2.45, 2.75) is 31.8 Å². The highest BCUT2D eigenvalue weighted by molar-refractivity contribution is 5.91. The van der Waals surface area contributed by atoms with E-state index in [1.807, 2.05) is 0 Å². The molecule has 0 bridgehead atoms. The van der Waals surface area contributed by atoms with Crippen molar-refractivity contribution in [2.24, 2.45) is 0 Å². The van der Waals surface area contributed by atoms with Gasteiger partial charge in [0, 0.05) is 24.3 Å². The van der Waals surface area contributed by atoms with E-state index in [1.54, 1.807) is 13.8 Å². The molecule has 1 aromatic carbocycles. The number of amides is 2. The summed E-state index contributed by atoms with van der Waals surface area (Å²) in [6.07, 6.45) is -11.9. The van der Waals surface area contributed by atoms with Crippen molar-refractivity contribution in [2.75, 3.05) is 18.0 Å². The number of anilines is 1. The van der Waals surface area contributed by atoms with Gasteiger partial charge in [0.1, 0.15) is 0 Å². The quantitative estimate of drug-likeness (QED) is 0.809. The van der Waals surface area contributed by atoms with Crippen LogP contribution in [0.15, 0.2) is 24.3 Å². The number of rotatable bonds is 4. The molecular formula is C14H16F6N2O2. The number of aliphatic hydroxyl groups is 1. The maximum Gasteiger partial charge on any atom is 0.430 e. The smallest absolute Gasteiger partial charge is 0.369 e. The molecule has 0 saturated carbocycles. The molecule has 0 unspecified atom stereocenters. The lowest BCUT2D eigenvalue weighted by Gasteiger charge is -2.33. The number of nitrogens with zero attached hydrogens (tertiary/aromatic N) is 1. The van der Waals surface area contributed by atoms with Gasteiger partial charge >= 0.3 is 18.4 Å². The standard InChI is InChI=1S/C14H16F6N2O2/c1-3-21-11(23)22(4-2)10-7-5-9(6-8-10)12(24,13(15,16)17)14(18,19)20/h5-8,24H,3-4H2,1-2H3,(H,21,23). The van der Waals surface area contributed by atoms with Crippen molar-refractivity contribution in [1.82, 2.24) is 5.32 Å². The molecule has 1 aromatic rings. The lowest BCUT2D eigenvalue weighted by molar-refractivity contribution is -0.376. The first kappa shape index (κ1) is 20.1. The van der Waals surface area contributed by atoms with Crippen LogP contribution in [0.3, 0.4) is 0 Å². The van der Waals surface area contributed by atoms with Crippen molar-refractivity contribution < 1.29 is 36.2 Å². The summed E-state index contributed by atoms with van der Waals surface area (Å²) < 4.78 is 76.8. The van der Waals surface area contributed by atoms with Crippen molar-refractivity contribution >= 4 is 11.7 Å². The minimum atomic E-state index is -5.95. The highest BCUT2D eigenvalue weighted by Crippen LogP contribution is 2.50. The van der Waals surface area contributed by atoms with Gasteiger partial charge in [0.25, 0.3) is 5.60 Å². The molecule has 0 aliphatic carbocycles. The fraction of sp³-hybridized carbons (Fsp3) is 0.500. The first-order valence-corrected chi connectivity index (χ1v) is 6.91. The van der Waals surface area contributed by atoms with E-state index < -0.39 is 29.5 Å². The number of halogens is 6. The fourth-order valence-corrected chi connectivity index (χ4v) is 2.06. The van der Waals surface area contributed by atoms with Crippen LogP contribution < -0.4 is 10.2 Å². The molecule has 0 fully saturated rings. The average Bonchev–Trinajstić information content (AvgIpc) is 2.46. The van der Waals surface area contributed by atoms with Crippen LogP contribution in [0.5, 0.6) is 0 Å². The molecule has 2 amide bonds. The molecule has 1 rings (SSSR count). The van der Waals surface area contributed by atoms with Gasteiger partial charge in [-0.25, -0.2) is 4.79 Å². The molecular weight excluding hydrogens is 342 g/mol. The van der Waals surface area contributed by atoms with Gasteiger partial charge < -0.3 is 10.4 Å². The number of hydrogen-bond donors (Lipinski definition) is 2. The molecule has 136 valence electrons. The zero-order chi connectivity index (χ0) is 18.8. The Morgan fingerprint density at radius 1 is 1.04 bits per heavy atom. The van der Waals surface area contributed by atoms with Gasteiger partial charge in [0.2, 0.25) is 0 Å². The Hall–Kier alpha value is -1.97. The fourth-order valence-electron chi connectivity index (χ4n) is 2.06. The third-order valence-corrected chi connectivity index (χ3v) is 3.31. The van der Waals surface area contributed by atoms with Crippen LogP contribution in [0.25, 0.3) is 0 Å². The normalized spacial score (nSPS) is 12.9. The lowest BCUT2D eigenvalue weighted by atomic mass is 9.92. The summed E-state index contributed by atoms with van der Waals surface area (Å²) in [6.45, 7) is 3.69. The summed E-state index contributed by atoms with van der Waals surface area (Å²) in [6, 6.07) is 2.28. The van der Waals surface area contributed by atoms with Gasteiger partial charge in [0.15, 0.2) is 0 Å². The van der Waals surface area contributed by atoms with E-state index in [0.29, 0.717) is 18.7 Å². The molecule has 0 atom stereocenters. The monoisotopic (exact) mass is 358 g/mol. The topological polar surface area (TPSA) is 52.6 Å². The molecule has 0 saturated heterocycles. The predicted molar refractivity (Wildman–Crippen MR) is 74.5 cm³/mol. The Kier molecular flexibility index (Phi) is 5.75. The summed E-state index contributed by atoms with van der Waals surface area (Å²) in [5, 5.41) is 11.8. The van der Waals surface area contributed by atoms with Crippen LogP contribution in [0, 0.1) is 0 Å². The highest BCUT2D eigenvalue weighted by Gasteiger charge is 2.71. The van der Waals surface area contributed by atoms with Crippen LogP contribution >= 0.6 is 0 Å². The Bertz CT molecular complexity index is 554. The first-order chi connectivity index (χ1) is 10.9. The van der Waals surface area contributed by atoms with Gasteiger partial charge in [-0.15, -0.1) is 0 Å². The summed E-state index contributed by atoms with van der Waals surface area (Å²) >= 11 is 0. The number of hydrogen-bond acceptors (Lipinski definition) is 2. The minimum Gasteiger partial charge on any atom is -0.369 e. The summed E-state index contributed by atoms with van der Waals surface area (Å²) in [5.74, 6) is 0. The van der Waals surface area contributed by atoms with Crippen LogP contribution in [-0.2, 0) is 5.60 Å². The maximum absolute atomic E-state index is 12.8. The van der Waals surface area contributed by atoms with E-state index in [-0.39, 0.29) is 12.2 Å². The van der Waals surface area contributed by atoms with E-state index in [9.17, 15) is 36.2 Å². The molecule has 10 heteroatoms. The summed E-state index contributed by atoms with van der Waals surface area (Å²) in [5.41, 5.74) is -6.27. The second-order valence-electron chi connectivity index (χ2n) is 4.83. The van der Waals surface area contributed by atoms with E-state index in [1.165, 1.54) is 0 Å². The summed E-state index contributed by atoms with van der Waals surface area (Å²) in [4.78, 5) is 12.9. The second kappa shape index (κ2) is 6.88. The number of benzene rings is 1. The average molecular weight is 358 g/mol. The minimum absolute atomic E-state index is 0.0962. The number of alkyl halides is 6. The number of carbonyl (C=O) groups excluding carboxylic acids is 1. The van der Waals surface area contributed by atoms with Crippen LogP contribution in [0.4, 0.5) is 36.8 Å². The molecule has 0 aliphatic heterocycles. The first-order valence-electron chi connectivity index (χ1n) is 6.91. The van der Waals surface area contributed by atoms with Gasteiger partial charge in [-0.2, -0.15) is 26.3 Å². The molecule has 0 aliphatic rings. The maximum atomic E-state index is 12.8. The van der Waals surface area contributed by atoms with Crippen molar-refractivity contribution in [3.63, 3.8) is 0 Å². The van der Waals surface area contributed by atoms with Gasteiger partial charge in [-0.05, 0) is 26.0 Å². The van der Waals surface area contributed by atoms with E-state index in [0.717, 1.165) is 17.0 Å². The Balaban J connectivity index is 3.28. The zero-order valence-corrected chi connectivity index (χ0v) is 12.8. The lowest BCUT2D eigenvalue weighted by Crippen LogP contribution is -2.53. The van der Waals surface area contributed by atoms with Crippen molar-refractivity contribution in [1.29, 1.82) is 0 Å². The molecule has 0 heterocycles. The number of nitrogens with one attached hydrogen (secondary N) is 1. The van der Waals surface area contributed by atoms with Crippen molar-refractivity contribution in [3.05, 3.63) is 29.8 Å². The molecule has 4 nitrogen and oxygen atoms in total. The SMILES string of the molecule is CCNC(=O)N(CC)c1ccc(C(O)(C(F)(F)F)C(F)(F)F)cc1. The predicted octanol–water partition coefficient (Wildman–Crippen LogP) is 3.55. The van der Waals surface area contributed by atoms with E-state index in [2.05, 4.69) is 5.32 Å². The summed E-state index contributed by atoms with van der Waals surface area (Å²) in [7, 11) is 0. The van der Waals surface area contributed by atoms with Gasteiger partial charge in [-0.1, -0.05) is 12.1 Å². The second-order valence-corrected chi connectivity index (χ2v) is 4.83. The van der Waals surface area contributed by atoms with Crippen LogP contribution in [-0.4, -0.2) is 36.6 Å². The molecule has 24 heavy (non-hydrogen) atoms. The van der Waals surface area contributed by atoms with E-state index >= 15 is 0 Å². The Morgan fingerprint density at radius 2 is 1.50 bits per heavy atom. The zero-order valence-electron chi connectivity index (χ0n) is 12.8. The van der Waals surface area contributed by atoms with Crippen LogP contribution in [0.2, 0.25) is 0 Å². The third-order valence-electron chi connectivity index (χ3n) is 3.31.